The van der Waals surface area contributed by atoms with Crippen molar-refractivity contribution in [2.75, 3.05) is 6.61 Å². The van der Waals surface area contributed by atoms with E-state index < -0.39 is 35.3 Å². The molecule has 4 saturated carbocycles. The summed E-state index contributed by atoms with van der Waals surface area (Å²) in [6, 6.07) is 0. The number of esters is 2. The normalized spacial score (nSPS) is 42.3. The second kappa shape index (κ2) is 5.45. The predicted molar refractivity (Wildman–Crippen MR) is 80.3 cm³/mol. The van der Waals surface area contributed by atoms with Crippen LogP contribution < -0.4 is 0 Å². The molecule has 4 bridgehead atoms. The zero-order valence-electron chi connectivity index (χ0n) is 13.8. The number of carbonyl (C=O) groups is 2. The molecule has 4 rings (SSSR count). The maximum Gasteiger partial charge on any atom is 0.344 e. The van der Waals surface area contributed by atoms with Gasteiger partial charge in [0.05, 0.1) is 17.1 Å². The third kappa shape index (κ3) is 3.24. The average Bonchev–Trinajstić information content (AvgIpc) is 2.39. The smallest absolute Gasteiger partial charge is 0.344 e. The predicted octanol–water partition coefficient (Wildman–Crippen LogP) is 1.32. The molecule has 0 aromatic carbocycles. The summed E-state index contributed by atoms with van der Waals surface area (Å²) in [6.07, 6.45) is 3.74. The molecule has 0 saturated heterocycles. The lowest BCUT2D eigenvalue weighted by Crippen LogP contribution is -2.67. The van der Waals surface area contributed by atoms with Crippen molar-refractivity contribution in [2.24, 2.45) is 11.8 Å². The van der Waals surface area contributed by atoms with Gasteiger partial charge in [-0.2, -0.15) is 0 Å². The summed E-state index contributed by atoms with van der Waals surface area (Å²) in [5, 5.41) is 21.3. The summed E-state index contributed by atoms with van der Waals surface area (Å²) in [6.45, 7) is 3.21. The minimum Gasteiger partial charge on any atom is -0.456 e. The highest BCUT2D eigenvalue weighted by atomic mass is 16.6. The Labute approximate surface area is 136 Å². The fraction of sp³-hybridized carbons (Fsp3) is 0.882. The van der Waals surface area contributed by atoms with E-state index in [1.165, 1.54) is 0 Å². The van der Waals surface area contributed by atoms with Crippen LogP contribution in [0.4, 0.5) is 0 Å². The lowest BCUT2D eigenvalue weighted by molar-refractivity contribution is -0.262. The number of ether oxygens (including phenoxy) is 2. The van der Waals surface area contributed by atoms with Gasteiger partial charge in [-0.1, -0.05) is 13.8 Å². The quantitative estimate of drug-likeness (QED) is 0.740. The van der Waals surface area contributed by atoms with Crippen LogP contribution in [0, 0.1) is 11.8 Å². The molecule has 130 valence electrons. The summed E-state index contributed by atoms with van der Waals surface area (Å²) in [7, 11) is 0. The minimum absolute atomic E-state index is 0.178. The standard InChI is InChI=1S/C17H26O6/c1-3-11(2)14(19)22-7-13(18)23-17-6-12-4-15(20,9-17)8-16(21,5-12)10-17/h11-12,20-21H,3-10H2,1-2H3. The molecule has 0 spiro atoms. The van der Waals surface area contributed by atoms with Crippen molar-refractivity contribution < 1.29 is 29.3 Å². The lowest BCUT2D eigenvalue weighted by Gasteiger charge is -2.62. The molecule has 3 atom stereocenters. The Morgan fingerprint density at radius 2 is 1.74 bits per heavy atom. The molecular weight excluding hydrogens is 300 g/mol. The highest BCUT2D eigenvalue weighted by Gasteiger charge is 2.64. The summed E-state index contributed by atoms with van der Waals surface area (Å²) < 4.78 is 10.6. The second-order valence-electron chi connectivity index (χ2n) is 8.03. The lowest BCUT2D eigenvalue weighted by atomic mass is 9.50. The molecule has 0 radical (unpaired) electrons. The van der Waals surface area contributed by atoms with Crippen LogP contribution in [-0.2, 0) is 19.1 Å². The fourth-order valence-electron chi connectivity index (χ4n) is 5.07. The van der Waals surface area contributed by atoms with Crippen molar-refractivity contribution in [3.8, 4) is 0 Å². The van der Waals surface area contributed by atoms with E-state index in [-0.39, 0.29) is 11.8 Å². The Morgan fingerprint density at radius 1 is 1.13 bits per heavy atom. The van der Waals surface area contributed by atoms with Crippen molar-refractivity contribution in [3.63, 3.8) is 0 Å². The summed E-state index contributed by atoms with van der Waals surface area (Å²) in [5.74, 6) is -1.08. The van der Waals surface area contributed by atoms with Crippen molar-refractivity contribution in [1.29, 1.82) is 0 Å². The van der Waals surface area contributed by atoms with Gasteiger partial charge in [0.1, 0.15) is 5.60 Å². The molecule has 4 aliphatic carbocycles. The molecular formula is C17H26O6. The molecule has 0 aromatic rings. The SMILES string of the molecule is CCC(C)C(=O)OCC(=O)OC12CC3CC(O)(CC(O)(C3)C1)C2. The van der Waals surface area contributed by atoms with Crippen LogP contribution in [0.3, 0.4) is 0 Å². The number of aliphatic hydroxyl groups is 2. The van der Waals surface area contributed by atoms with Crippen LogP contribution in [0.2, 0.25) is 0 Å². The molecule has 2 N–H and O–H groups in total. The van der Waals surface area contributed by atoms with Gasteiger partial charge in [0.25, 0.3) is 0 Å². The van der Waals surface area contributed by atoms with Gasteiger partial charge in [0.2, 0.25) is 0 Å². The van der Waals surface area contributed by atoms with Crippen LogP contribution in [0.1, 0.15) is 58.8 Å². The first-order valence-electron chi connectivity index (χ1n) is 8.50. The first-order valence-corrected chi connectivity index (χ1v) is 8.50. The van der Waals surface area contributed by atoms with E-state index >= 15 is 0 Å². The number of carbonyl (C=O) groups excluding carboxylic acids is 2. The van der Waals surface area contributed by atoms with E-state index in [0.717, 1.165) is 0 Å². The third-order valence-electron chi connectivity index (χ3n) is 5.64. The van der Waals surface area contributed by atoms with Gasteiger partial charge >= 0.3 is 11.9 Å². The minimum atomic E-state index is -0.943. The maximum absolute atomic E-state index is 12.1. The van der Waals surface area contributed by atoms with Gasteiger partial charge in [0.15, 0.2) is 6.61 Å². The van der Waals surface area contributed by atoms with E-state index in [4.69, 9.17) is 9.47 Å². The molecule has 0 aromatic heterocycles. The van der Waals surface area contributed by atoms with Gasteiger partial charge in [-0.05, 0) is 31.6 Å². The van der Waals surface area contributed by atoms with Crippen LogP contribution in [0.15, 0.2) is 0 Å². The Morgan fingerprint density at radius 3 is 2.26 bits per heavy atom. The van der Waals surface area contributed by atoms with Gasteiger partial charge in [-0.3, -0.25) is 4.79 Å². The van der Waals surface area contributed by atoms with Gasteiger partial charge in [-0.25, -0.2) is 4.79 Å². The molecule has 6 heteroatoms. The Kier molecular flexibility index (Phi) is 3.96. The van der Waals surface area contributed by atoms with Crippen molar-refractivity contribution in [3.05, 3.63) is 0 Å². The Balaban J connectivity index is 1.61. The first-order chi connectivity index (χ1) is 10.7. The fourth-order valence-corrected chi connectivity index (χ4v) is 5.07. The molecule has 3 unspecified atom stereocenters. The van der Waals surface area contributed by atoms with Crippen molar-refractivity contribution in [1.82, 2.24) is 0 Å². The van der Waals surface area contributed by atoms with E-state index in [2.05, 4.69) is 0 Å². The van der Waals surface area contributed by atoms with Gasteiger partial charge in [-0.15, -0.1) is 0 Å². The monoisotopic (exact) mass is 326 g/mol. The average molecular weight is 326 g/mol. The van der Waals surface area contributed by atoms with E-state index in [1.807, 2.05) is 6.92 Å². The summed E-state index contributed by atoms with van der Waals surface area (Å²) in [4.78, 5) is 23.7. The number of hydrogen-bond acceptors (Lipinski definition) is 6. The first kappa shape index (κ1) is 16.7. The molecule has 0 heterocycles. The zero-order chi connectivity index (χ0) is 16.9. The molecule has 23 heavy (non-hydrogen) atoms. The van der Waals surface area contributed by atoms with E-state index in [9.17, 15) is 19.8 Å². The molecule has 0 amide bonds. The Bertz CT molecular complexity index is 497. The van der Waals surface area contributed by atoms with Crippen molar-refractivity contribution in [2.45, 2.75) is 75.6 Å². The third-order valence-corrected chi connectivity index (χ3v) is 5.64. The van der Waals surface area contributed by atoms with Gasteiger partial charge in [0, 0.05) is 19.3 Å². The molecule has 0 aliphatic heterocycles. The summed E-state index contributed by atoms with van der Waals surface area (Å²) >= 11 is 0. The van der Waals surface area contributed by atoms with E-state index in [1.54, 1.807) is 6.92 Å². The molecule has 4 fully saturated rings. The second-order valence-corrected chi connectivity index (χ2v) is 8.03. The number of rotatable bonds is 5. The van der Waals surface area contributed by atoms with Crippen LogP contribution in [0.25, 0.3) is 0 Å². The molecule has 6 nitrogen and oxygen atoms in total. The van der Waals surface area contributed by atoms with Crippen molar-refractivity contribution >= 4 is 11.9 Å². The topological polar surface area (TPSA) is 93.1 Å². The largest absolute Gasteiger partial charge is 0.456 e. The highest BCUT2D eigenvalue weighted by molar-refractivity contribution is 5.77. The maximum atomic E-state index is 12.1. The Hall–Kier alpha value is -1.14. The molecule has 4 aliphatic rings. The van der Waals surface area contributed by atoms with Crippen LogP contribution >= 0.6 is 0 Å². The highest BCUT2D eigenvalue weighted by Crippen LogP contribution is 2.60. The summed E-state index contributed by atoms with van der Waals surface area (Å²) in [5.41, 5.74) is -2.70. The van der Waals surface area contributed by atoms with E-state index in [0.29, 0.717) is 44.9 Å². The van der Waals surface area contributed by atoms with Crippen LogP contribution in [0.5, 0.6) is 0 Å². The van der Waals surface area contributed by atoms with Gasteiger partial charge < -0.3 is 19.7 Å². The van der Waals surface area contributed by atoms with Crippen LogP contribution in [-0.4, -0.2) is 45.6 Å². The zero-order valence-corrected chi connectivity index (χ0v) is 13.8. The number of hydrogen-bond donors (Lipinski definition) is 2.